The summed E-state index contributed by atoms with van der Waals surface area (Å²) in [4.78, 5) is 4.76. The highest BCUT2D eigenvalue weighted by Gasteiger charge is 2.18. The van der Waals surface area contributed by atoms with E-state index in [0.29, 0.717) is 0 Å². The molecule has 0 aliphatic carbocycles. The van der Waals surface area contributed by atoms with E-state index >= 15 is 0 Å². The molecule has 2 aromatic rings. The molecule has 0 radical (unpaired) electrons. The Balaban J connectivity index is 2.08. The number of anilines is 3. The lowest BCUT2D eigenvalue weighted by Gasteiger charge is -2.25. The Morgan fingerprint density at radius 1 is 0.778 bits per heavy atom. The van der Waals surface area contributed by atoms with E-state index in [2.05, 4.69) is 71.4 Å². The number of rotatable bonds is 1. The lowest BCUT2D eigenvalue weighted by molar-refractivity contribution is 0.806. The van der Waals surface area contributed by atoms with E-state index in [-0.39, 0.29) is 0 Å². The van der Waals surface area contributed by atoms with Crippen molar-refractivity contribution in [1.82, 2.24) is 0 Å². The van der Waals surface area contributed by atoms with Gasteiger partial charge in [0.2, 0.25) is 0 Å². The predicted molar refractivity (Wildman–Crippen MR) is 77.8 cm³/mol. The quantitative estimate of drug-likeness (QED) is 0.748. The van der Waals surface area contributed by atoms with Gasteiger partial charge in [0.1, 0.15) is 0 Å². The first-order valence-electron chi connectivity index (χ1n) is 6.49. The molecular weight excluding hydrogens is 220 g/mol. The smallest absolute Gasteiger partial charge is 0.0648 e. The van der Waals surface area contributed by atoms with Gasteiger partial charge in [0.05, 0.1) is 11.4 Å². The molecule has 0 saturated heterocycles. The van der Waals surface area contributed by atoms with Crippen LogP contribution in [0, 0.1) is 0 Å². The van der Waals surface area contributed by atoms with Gasteiger partial charge in [0.25, 0.3) is 0 Å². The number of fused-ring (bicyclic) bond motifs is 1. The van der Waals surface area contributed by atoms with E-state index in [1.165, 1.54) is 23.5 Å². The average molecular weight is 238 g/mol. The molecule has 0 fully saturated rings. The SMILES string of the molecule is CN1CCCN(c2ccccc2)c2ccccc21. The summed E-state index contributed by atoms with van der Waals surface area (Å²) in [7, 11) is 2.17. The molecule has 1 heterocycles. The molecule has 0 bridgehead atoms. The van der Waals surface area contributed by atoms with Crippen molar-refractivity contribution in [3.8, 4) is 0 Å². The largest absolute Gasteiger partial charge is 0.373 e. The van der Waals surface area contributed by atoms with Crippen molar-refractivity contribution < 1.29 is 0 Å². The van der Waals surface area contributed by atoms with Crippen LogP contribution in [0.3, 0.4) is 0 Å². The van der Waals surface area contributed by atoms with Gasteiger partial charge in [0.15, 0.2) is 0 Å². The zero-order chi connectivity index (χ0) is 12.4. The Bertz CT molecular complexity index is 522. The molecule has 0 atom stereocenters. The minimum Gasteiger partial charge on any atom is -0.373 e. The Kier molecular flexibility index (Phi) is 2.93. The van der Waals surface area contributed by atoms with Crippen molar-refractivity contribution in [2.45, 2.75) is 6.42 Å². The monoisotopic (exact) mass is 238 g/mol. The van der Waals surface area contributed by atoms with E-state index in [4.69, 9.17) is 0 Å². The topological polar surface area (TPSA) is 6.48 Å². The van der Waals surface area contributed by atoms with Gasteiger partial charge in [-0.25, -0.2) is 0 Å². The summed E-state index contributed by atoms with van der Waals surface area (Å²) in [5, 5.41) is 0. The summed E-state index contributed by atoms with van der Waals surface area (Å²) < 4.78 is 0. The molecule has 2 aromatic carbocycles. The van der Waals surface area contributed by atoms with Crippen LogP contribution in [-0.4, -0.2) is 20.1 Å². The highest BCUT2D eigenvalue weighted by atomic mass is 15.2. The highest BCUT2D eigenvalue weighted by Crippen LogP contribution is 2.35. The van der Waals surface area contributed by atoms with E-state index < -0.39 is 0 Å². The van der Waals surface area contributed by atoms with E-state index in [1.54, 1.807) is 0 Å². The summed E-state index contributed by atoms with van der Waals surface area (Å²) in [6.07, 6.45) is 1.18. The number of para-hydroxylation sites is 3. The van der Waals surface area contributed by atoms with Crippen LogP contribution in [0.4, 0.5) is 17.1 Å². The molecule has 0 spiro atoms. The summed E-state index contributed by atoms with van der Waals surface area (Å²) in [5.41, 5.74) is 3.91. The Morgan fingerprint density at radius 2 is 1.44 bits per heavy atom. The fourth-order valence-corrected chi connectivity index (χ4v) is 2.60. The van der Waals surface area contributed by atoms with E-state index in [0.717, 1.165) is 13.1 Å². The number of nitrogens with zero attached hydrogens (tertiary/aromatic N) is 2. The van der Waals surface area contributed by atoms with Crippen LogP contribution in [0.25, 0.3) is 0 Å². The van der Waals surface area contributed by atoms with Gasteiger partial charge in [-0.3, -0.25) is 0 Å². The molecule has 18 heavy (non-hydrogen) atoms. The third-order valence-electron chi connectivity index (χ3n) is 3.53. The van der Waals surface area contributed by atoms with Crippen LogP contribution in [0.1, 0.15) is 6.42 Å². The predicted octanol–water partition coefficient (Wildman–Crippen LogP) is 3.66. The van der Waals surface area contributed by atoms with Gasteiger partial charge in [-0.05, 0) is 30.7 Å². The van der Waals surface area contributed by atoms with Crippen LogP contribution in [0.5, 0.6) is 0 Å². The lowest BCUT2D eigenvalue weighted by Crippen LogP contribution is -2.17. The molecule has 0 saturated carbocycles. The Morgan fingerprint density at radius 3 is 2.22 bits per heavy atom. The summed E-state index contributed by atoms with van der Waals surface area (Å²) in [6, 6.07) is 19.3. The maximum Gasteiger partial charge on any atom is 0.0648 e. The van der Waals surface area contributed by atoms with Gasteiger partial charge in [-0.1, -0.05) is 30.3 Å². The summed E-state index contributed by atoms with van der Waals surface area (Å²) in [5.74, 6) is 0. The van der Waals surface area contributed by atoms with Crippen LogP contribution in [0.2, 0.25) is 0 Å². The maximum atomic E-state index is 2.42. The van der Waals surface area contributed by atoms with Crippen LogP contribution in [0.15, 0.2) is 54.6 Å². The van der Waals surface area contributed by atoms with Gasteiger partial charge < -0.3 is 9.80 Å². The minimum atomic E-state index is 1.07. The van der Waals surface area contributed by atoms with Crippen LogP contribution >= 0.6 is 0 Å². The molecule has 92 valence electrons. The third-order valence-corrected chi connectivity index (χ3v) is 3.53. The molecule has 1 aliphatic heterocycles. The molecular formula is C16H18N2. The molecule has 0 amide bonds. The number of hydrogen-bond acceptors (Lipinski definition) is 2. The van der Waals surface area contributed by atoms with Crippen molar-refractivity contribution in [3.05, 3.63) is 54.6 Å². The third kappa shape index (κ3) is 1.94. The lowest BCUT2D eigenvalue weighted by atomic mass is 10.2. The fourth-order valence-electron chi connectivity index (χ4n) is 2.60. The van der Waals surface area contributed by atoms with Gasteiger partial charge in [-0.2, -0.15) is 0 Å². The summed E-state index contributed by atoms with van der Waals surface area (Å²) >= 11 is 0. The average Bonchev–Trinajstić information content (AvgIpc) is 2.60. The normalized spacial score (nSPS) is 15.2. The van der Waals surface area contributed by atoms with Crippen LogP contribution in [-0.2, 0) is 0 Å². The zero-order valence-electron chi connectivity index (χ0n) is 10.7. The van der Waals surface area contributed by atoms with Gasteiger partial charge in [-0.15, -0.1) is 0 Å². The second kappa shape index (κ2) is 4.73. The number of hydrogen-bond donors (Lipinski definition) is 0. The first-order chi connectivity index (χ1) is 8.86. The standard InChI is InChI=1S/C16H18N2/c1-17-12-7-13-18(14-8-3-2-4-9-14)16-11-6-5-10-15(16)17/h2-6,8-11H,7,12-13H2,1H3. The van der Waals surface area contributed by atoms with Crippen LogP contribution < -0.4 is 9.80 Å². The second-order valence-corrected chi connectivity index (χ2v) is 4.75. The summed E-state index contributed by atoms with van der Waals surface area (Å²) in [6.45, 7) is 2.19. The zero-order valence-corrected chi connectivity index (χ0v) is 10.7. The van der Waals surface area contributed by atoms with Crippen molar-refractivity contribution in [3.63, 3.8) is 0 Å². The number of benzene rings is 2. The first kappa shape index (κ1) is 11.1. The van der Waals surface area contributed by atoms with Crippen molar-refractivity contribution in [1.29, 1.82) is 0 Å². The molecule has 1 aliphatic rings. The Labute approximate surface area is 108 Å². The van der Waals surface area contributed by atoms with Crippen molar-refractivity contribution in [2.24, 2.45) is 0 Å². The fraction of sp³-hybridized carbons (Fsp3) is 0.250. The first-order valence-corrected chi connectivity index (χ1v) is 6.49. The Hall–Kier alpha value is -1.96. The minimum absolute atomic E-state index is 1.07. The van der Waals surface area contributed by atoms with Crippen molar-refractivity contribution >= 4 is 17.1 Å². The molecule has 2 heteroatoms. The molecule has 0 N–H and O–H groups in total. The second-order valence-electron chi connectivity index (χ2n) is 4.75. The van der Waals surface area contributed by atoms with Gasteiger partial charge in [0, 0.05) is 25.8 Å². The van der Waals surface area contributed by atoms with E-state index in [1.807, 2.05) is 0 Å². The van der Waals surface area contributed by atoms with Crippen molar-refractivity contribution in [2.75, 3.05) is 29.9 Å². The molecule has 3 rings (SSSR count). The van der Waals surface area contributed by atoms with Gasteiger partial charge >= 0.3 is 0 Å². The molecule has 0 unspecified atom stereocenters. The maximum absolute atomic E-state index is 2.42. The van der Waals surface area contributed by atoms with E-state index in [9.17, 15) is 0 Å². The molecule has 0 aromatic heterocycles. The highest BCUT2D eigenvalue weighted by molar-refractivity contribution is 5.77. The molecule has 2 nitrogen and oxygen atoms in total.